The maximum absolute atomic E-state index is 11.8. The van der Waals surface area contributed by atoms with Crippen LogP contribution in [-0.4, -0.2) is 18.7 Å². The van der Waals surface area contributed by atoms with Gasteiger partial charge in [-0.3, -0.25) is 4.79 Å². The minimum atomic E-state index is -0.318. The Kier molecular flexibility index (Phi) is 5.65. The number of halogens is 2. The minimum absolute atomic E-state index is 0.109. The van der Waals surface area contributed by atoms with E-state index in [1.807, 2.05) is 48.5 Å². The normalized spacial score (nSPS) is 11.1. The zero-order valence-electron chi connectivity index (χ0n) is 12.3. The highest BCUT2D eigenvalue weighted by molar-refractivity contribution is 9.11. The van der Waals surface area contributed by atoms with Crippen molar-refractivity contribution in [2.45, 2.75) is 0 Å². The van der Waals surface area contributed by atoms with E-state index in [1.54, 1.807) is 6.21 Å². The number of nitrogens with one attached hydrogen (secondary N) is 1. The molecular formula is C17H12Br2N2O2S. The van der Waals surface area contributed by atoms with Gasteiger partial charge < -0.3 is 4.74 Å². The van der Waals surface area contributed by atoms with Crippen molar-refractivity contribution < 1.29 is 9.53 Å². The molecule has 0 saturated carbocycles. The summed E-state index contributed by atoms with van der Waals surface area (Å²) >= 11 is 8.43. The van der Waals surface area contributed by atoms with Crippen LogP contribution in [0.1, 0.15) is 4.88 Å². The van der Waals surface area contributed by atoms with Crippen LogP contribution >= 0.6 is 43.2 Å². The standard InChI is InChI=1S/C17H12Br2N2O2S/c18-15-8-6-12(24-15)9-20-21-16(22)10-23-14-7-5-11-3-1-2-4-13(11)17(14)19/h1-9H,10H2,(H,21,22). The number of carbonyl (C=O) groups excluding carboxylic acids is 1. The Morgan fingerprint density at radius 3 is 2.79 bits per heavy atom. The number of rotatable bonds is 5. The fourth-order valence-corrected chi connectivity index (χ4v) is 3.97. The molecule has 0 saturated heterocycles. The third-order valence-corrected chi connectivity index (χ3v) is 5.54. The summed E-state index contributed by atoms with van der Waals surface area (Å²) in [4.78, 5) is 12.8. The van der Waals surface area contributed by atoms with Gasteiger partial charge in [0.05, 0.1) is 14.5 Å². The van der Waals surface area contributed by atoms with E-state index in [1.165, 1.54) is 11.3 Å². The second-order valence-corrected chi connectivity index (χ2v) is 8.11. The van der Waals surface area contributed by atoms with Crippen molar-refractivity contribution in [3.8, 4) is 5.75 Å². The number of hydrogen-bond acceptors (Lipinski definition) is 4. The van der Waals surface area contributed by atoms with Crippen molar-refractivity contribution in [1.82, 2.24) is 5.43 Å². The molecule has 0 atom stereocenters. The maximum atomic E-state index is 11.8. The topological polar surface area (TPSA) is 50.7 Å². The summed E-state index contributed by atoms with van der Waals surface area (Å²) in [6, 6.07) is 15.6. The average Bonchev–Trinajstić information content (AvgIpc) is 3.00. The van der Waals surface area contributed by atoms with Gasteiger partial charge in [0.2, 0.25) is 0 Å². The van der Waals surface area contributed by atoms with Gasteiger partial charge >= 0.3 is 0 Å². The number of thiophene rings is 1. The summed E-state index contributed by atoms with van der Waals surface area (Å²) in [6.07, 6.45) is 1.60. The molecule has 7 heteroatoms. The predicted molar refractivity (Wildman–Crippen MR) is 105 cm³/mol. The van der Waals surface area contributed by atoms with Gasteiger partial charge in [-0.15, -0.1) is 11.3 Å². The van der Waals surface area contributed by atoms with Crippen LogP contribution in [0.5, 0.6) is 5.75 Å². The van der Waals surface area contributed by atoms with Crippen LogP contribution in [0.2, 0.25) is 0 Å². The summed E-state index contributed by atoms with van der Waals surface area (Å²) in [5.74, 6) is 0.303. The van der Waals surface area contributed by atoms with Gasteiger partial charge in [-0.2, -0.15) is 5.10 Å². The van der Waals surface area contributed by atoms with E-state index in [2.05, 4.69) is 42.4 Å². The van der Waals surface area contributed by atoms with Gasteiger partial charge in [-0.1, -0.05) is 30.3 Å². The second kappa shape index (κ2) is 7.92. The van der Waals surface area contributed by atoms with E-state index in [0.717, 1.165) is 23.9 Å². The second-order valence-electron chi connectivity index (χ2n) is 4.82. The number of nitrogens with zero attached hydrogens (tertiary/aromatic N) is 1. The monoisotopic (exact) mass is 466 g/mol. The van der Waals surface area contributed by atoms with Crippen molar-refractivity contribution in [2.75, 3.05) is 6.61 Å². The van der Waals surface area contributed by atoms with E-state index in [-0.39, 0.29) is 12.5 Å². The number of hydrogen-bond donors (Lipinski definition) is 1. The van der Waals surface area contributed by atoms with Crippen LogP contribution in [0.15, 0.2) is 61.9 Å². The zero-order valence-corrected chi connectivity index (χ0v) is 16.3. The Hall–Kier alpha value is -1.70. The molecule has 3 aromatic rings. The van der Waals surface area contributed by atoms with Crippen molar-refractivity contribution in [1.29, 1.82) is 0 Å². The lowest BCUT2D eigenvalue weighted by molar-refractivity contribution is -0.123. The first-order valence-corrected chi connectivity index (χ1v) is 9.41. The molecule has 0 fully saturated rings. The molecule has 24 heavy (non-hydrogen) atoms. The molecule has 122 valence electrons. The van der Waals surface area contributed by atoms with Crippen LogP contribution in [0.4, 0.5) is 0 Å². The van der Waals surface area contributed by atoms with E-state index in [4.69, 9.17) is 4.74 Å². The van der Waals surface area contributed by atoms with Gasteiger partial charge in [0.1, 0.15) is 5.75 Å². The molecule has 2 aromatic carbocycles. The summed E-state index contributed by atoms with van der Waals surface area (Å²) in [5.41, 5.74) is 2.45. The summed E-state index contributed by atoms with van der Waals surface area (Å²) in [7, 11) is 0. The lowest BCUT2D eigenvalue weighted by Gasteiger charge is -2.09. The van der Waals surface area contributed by atoms with Crippen LogP contribution < -0.4 is 10.2 Å². The van der Waals surface area contributed by atoms with Crippen molar-refractivity contribution >= 4 is 66.1 Å². The largest absolute Gasteiger partial charge is 0.483 e. The third kappa shape index (κ3) is 4.23. The highest BCUT2D eigenvalue weighted by Gasteiger charge is 2.08. The van der Waals surface area contributed by atoms with Crippen LogP contribution in [0.3, 0.4) is 0 Å². The minimum Gasteiger partial charge on any atom is -0.483 e. The SMILES string of the molecule is O=C(COc1ccc2ccccc2c1Br)NN=Cc1ccc(Br)s1. The Balaban J connectivity index is 1.58. The van der Waals surface area contributed by atoms with E-state index in [9.17, 15) is 4.79 Å². The molecule has 0 spiro atoms. The first-order valence-electron chi connectivity index (χ1n) is 7.01. The lowest BCUT2D eigenvalue weighted by Crippen LogP contribution is -2.24. The van der Waals surface area contributed by atoms with E-state index >= 15 is 0 Å². The maximum Gasteiger partial charge on any atom is 0.277 e. The molecule has 0 aliphatic rings. The highest BCUT2D eigenvalue weighted by atomic mass is 79.9. The Labute approximate surface area is 159 Å². The van der Waals surface area contributed by atoms with Gasteiger partial charge in [0, 0.05) is 4.88 Å². The molecule has 0 aliphatic heterocycles. The molecule has 1 N–H and O–H groups in total. The summed E-state index contributed by atoms with van der Waals surface area (Å²) in [5, 5.41) is 6.06. The number of ether oxygens (including phenoxy) is 1. The molecule has 1 heterocycles. The molecule has 0 aliphatic carbocycles. The number of fused-ring (bicyclic) bond motifs is 1. The van der Waals surface area contributed by atoms with Crippen molar-refractivity contribution in [3.63, 3.8) is 0 Å². The van der Waals surface area contributed by atoms with Gasteiger partial charge in [0.15, 0.2) is 6.61 Å². The lowest BCUT2D eigenvalue weighted by atomic mass is 10.1. The van der Waals surface area contributed by atoms with Gasteiger partial charge in [0.25, 0.3) is 5.91 Å². The van der Waals surface area contributed by atoms with Crippen molar-refractivity contribution in [2.24, 2.45) is 5.10 Å². The first kappa shape index (κ1) is 17.1. The molecule has 1 aromatic heterocycles. The summed E-state index contributed by atoms with van der Waals surface area (Å²) in [6.45, 7) is -0.109. The molecule has 1 amide bonds. The number of hydrazone groups is 1. The Morgan fingerprint density at radius 2 is 2.00 bits per heavy atom. The number of carbonyl (C=O) groups is 1. The first-order chi connectivity index (χ1) is 11.6. The smallest absolute Gasteiger partial charge is 0.277 e. The summed E-state index contributed by atoms with van der Waals surface area (Å²) < 4.78 is 7.42. The van der Waals surface area contributed by atoms with Crippen LogP contribution in [0.25, 0.3) is 10.8 Å². The average molecular weight is 468 g/mol. The van der Waals surface area contributed by atoms with E-state index < -0.39 is 0 Å². The third-order valence-electron chi connectivity index (χ3n) is 3.16. The molecule has 0 unspecified atom stereocenters. The zero-order chi connectivity index (χ0) is 16.9. The Bertz CT molecular complexity index is 908. The molecule has 3 rings (SSSR count). The van der Waals surface area contributed by atoms with E-state index in [0.29, 0.717) is 5.75 Å². The highest BCUT2D eigenvalue weighted by Crippen LogP contribution is 2.32. The molecule has 0 bridgehead atoms. The quantitative estimate of drug-likeness (QED) is 0.426. The van der Waals surface area contributed by atoms with Gasteiger partial charge in [-0.25, -0.2) is 5.43 Å². The fraction of sp³-hybridized carbons (Fsp3) is 0.0588. The number of amides is 1. The molecular weight excluding hydrogens is 456 g/mol. The Morgan fingerprint density at radius 1 is 1.17 bits per heavy atom. The predicted octanol–water partition coefficient (Wildman–Crippen LogP) is 4.96. The molecule has 4 nitrogen and oxygen atoms in total. The van der Waals surface area contributed by atoms with Crippen LogP contribution in [0, 0.1) is 0 Å². The fourth-order valence-electron chi connectivity index (χ4n) is 2.07. The van der Waals surface area contributed by atoms with Crippen LogP contribution in [-0.2, 0) is 4.79 Å². The molecule has 0 radical (unpaired) electrons. The van der Waals surface area contributed by atoms with Gasteiger partial charge in [-0.05, 0) is 60.8 Å². The van der Waals surface area contributed by atoms with Crippen molar-refractivity contribution in [3.05, 3.63) is 61.7 Å². The number of benzene rings is 2.